The normalized spacial score (nSPS) is 21.2. The summed E-state index contributed by atoms with van der Waals surface area (Å²) in [7, 11) is 0. The van der Waals surface area contributed by atoms with Crippen molar-refractivity contribution in [3.63, 3.8) is 0 Å². The van der Waals surface area contributed by atoms with Gasteiger partial charge in [0.1, 0.15) is 0 Å². The van der Waals surface area contributed by atoms with E-state index in [0.29, 0.717) is 19.7 Å². The van der Waals surface area contributed by atoms with Crippen LogP contribution in [-0.2, 0) is 14.3 Å². The second-order valence-corrected chi connectivity index (χ2v) is 4.92. The van der Waals surface area contributed by atoms with E-state index in [1.807, 2.05) is 0 Å². The van der Waals surface area contributed by atoms with Crippen molar-refractivity contribution in [3.05, 3.63) is 0 Å². The fourth-order valence-corrected chi connectivity index (χ4v) is 2.07. The van der Waals surface area contributed by atoms with Crippen molar-refractivity contribution in [1.29, 1.82) is 0 Å². The van der Waals surface area contributed by atoms with Crippen molar-refractivity contribution in [2.45, 2.75) is 45.6 Å². The first-order chi connectivity index (χ1) is 8.54. The van der Waals surface area contributed by atoms with Crippen LogP contribution in [0.3, 0.4) is 0 Å². The highest BCUT2D eigenvalue weighted by Crippen LogP contribution is 2.19. The van der Waals surface area contributed by atoms with Crippen molar-refractivity contribution in [1.82, 2.24) is 4.90 Å². The van der Waals surface area contributed by atoms with E-state index in [0.717, 1.165) is 19.3 Å². The number of ether oxygens (including phenoxy) is 1. The smallest absolute Gasteiger partial charge is 0.311 e. The Hall–Kier alpha value is -1.10. The van der Waals surface area contributed by atoms with Gasteiger partial charge >= 0.3 is 5.97 Å². The van der Waals surface area contributed by atoms with Crippen molar-refractivity contribution in [2.75, 3.05) is 19.7 Å². The molecule has 1 heterocycles. The lowest BCUT2D eigenvalue weighted by atomic mass is 10.1. The molecule has 1 amide bonds. The summed E-state index contributed by atoms with van der Waals surface area (Å²) in [5.74, 6) is -0.725. The predicted octanol–water partition coefficient (Wildman–Crippen LogP) is 0.949. The second kappa shape index (κ2) is 7.36. The number of hydrogen-bond donors (Lipinski definition) is 1. The van der Waals surface area contributed by atoms with Crippen molar-refractivity contribution in [2.24, 2.45) is 5.92 Å². The van der Waals surface area contributed by atoms with Crippen molar-refractivity contribution >= 4 is 11.9 Å². The number of hydrogen-bond acceptors (Lipinski definition) is 4. The van der Waals surface area contributed by atoms with Gasteiger partial charge in [-0.3, -0.25) is 9.59 Å². The minimum atomic E-state index is -0.562. The van der Waals surface area contributed by atoms with E-state index in [-0.39, 0.29) is 24.2 Å². The monoisotopic (exact) mass is 257 g/mol. The Labute approximate surface area is 108 Å². The highest BCUT2D eigenvalue weighted by atomic mass is 16.5. The van der Waals surface area contributed by atoms with Crippen LogP contribution >= 0.6 is 0 Å². The summed E-state index contributed by atoms with van der Waals surface area (Å²) in [6, 6.07) is 0. The number of amides is 1. The van der Waals surface area contributed by atoms with Crippen molar-refractivity contribution < 1.29 is 19.4 Å². The average molecular weight is 257 g/mol. The molecule has 0 radical (unpaired) electrons. The number of aliphatic hydroxyl groups excluding tert-OH is 1. The van der Waals surface area contributed by atoms with Crippen LogP contribution in [0.25, 0.3) is 0 Å². The summed E-state index contributed by atoms with van der Waals surface area (Å²) in [5, 5.41) is 9.25. The molecule has 1 aliphatic rings. The molecule has 1 rings (SSSR count). The highest BCUT2D eigenvalue weighted by molar-refractivity contribution is 5.86. The molecule has 0 spiro atoms. The molecule has 5 heteroatoms. The Morgan fingerprint density at radius 2 is 2.28 bits per heavy atom. The Bertz CT molecular complexity index is 291. The molecule has 0 aromatic rings. The fraction of sp³-hybridized carbons (Fsp3) is 0.846. The largest absolute Gasteiger partial charge is 0.465 e. The number of carbonyl (C=O) groups is 2. The molecule has 2 unspecified atom stereocenters. The molecule has 18 heavy (non-hydrogen) atoms. The first-order valence-corrected chi connectivity index (χ1v) is 6.67. The highest BCUT2D eigenvalue weighted by Gasteiger charge is 2.35. The van der Waals surface area contributed by atoms with Crippen LogP contribution in [0.5, 0.6) is 0 Å². The zero-order valence-corrected chi connectivity index (χ0v) is 11.2. The van der Waals surface area contributed by atoms with E-state index in [9.17, 15) is 14.7 Å². The minimum Gasteiger partial charge on any atom is -0.465 e. The summed E-state index contributed by atoms with van der Waals surface area (Å²) in [6.45, 7) is 4.82. The van der Waals surface area contributed by atoms with E-state index in [1.165, 1.54) is 4.90 Å². The van der Waals surface area contributed by atoms with Gasteiger partial charge in [0.15, 0.2) is 0 Å². The number of carbonyl (C=O) groups excluding carboxylic acids is 2. The van der Waals surface area contributed by atoms with Crippen molar-refractivity contribution in [3.8, 4) is 0 Å². The van der Waals surface area contributed by atoms with Gasteiger partial charge in [0.2, 0.25) is 5.91 Å². The molecule has 0 bridgehead atoms. The number of aliphatic hydroxyl groups is 1. The maximum Gasteiger partial charge on any atom is 0.311 e. The van der Waals surface area contributed by atoms with E-state index >= 15 is 0 Å². The van der Waals surface area contributed by atoms with Crippen LogP contribution in [0.4, 0.5) is 0 Å². The zero-order valence-electron chi connectivity index (χ0n) is 11.2. The zero-order chi connectivity index (χ0) is 13.5. The molecule has 1 fully saturated rings. The minimum absolute atomic E-state index is 0.0774. The summed E-state index contributed by atoms with van der Waals surface area (Å²) >= 11 is 0. The van der Waals surface area contributed by atoms with E-state index in [2.05, 4.69) is 6.92 Å². The topological polar surface area (TPSA) is 66.8 Å². The van der Waals surface area contributed by atoms with Crippen LogP contribution < -0.4 is 0 Å². The number of unbranched alkanes of at least 4 members (excludes halogenated alkanes) is 2. The summed E-state index contributed by atoms with van der Waals surface area (Å²) in [5.41, 5.74) is 0. The van der Waals surface area contributed by atoms with E-state index in [1.54, 1.807) is 6.92 Å². The van der Waals surface area contributed by atoms with Gasteiger partial charge in [-0.25, -0.2) is 0 Å². The van der Waals surface area contributed by atoms with Gasteiger partial charge in [0.05, 0.1) is 18.6 Å². The molecular weight excluding hydrogens is 234 g/mol. The number of esters is 1. The number of rotatable bonds is 7. The van der Waals surface area contributed by atoms with Gasteiger partial charge in [0, 0.05) is 19.5 Å². The summed E-state index contributed by atoms with van der Waals surface area (Å²) < 4.78 is 5.15. The van der Waals surface area contributed by atoms with Gasteiger partial charge in [-0.2, -0.15) is 0 Å². The molecule has 1 saturated heterocycles. The third kappa shape index (κ3) is 4.64. The maximum absolute atomic E-state index is 11.7. The predicted molar refractivity (Wildman–Crippen MR) is 66.9 cm³/mol. The first-order valence-electron chi connectivity index (χ1n) is 6.67. The molecule has 0 saturated carbocycles. The van der Waals surface area contributed by atoms with Crippen LogP contribution in [-0.4, -0.2) is 47.7 Å². The van der Waals surface area contributed by atoms with Crippen LogP contribution in [0.15, 0.2) is 0 Å². The number of nitrogens with zero attached hydrogens (tertiary/aromatic N) is 1. The molecule has 5 nitrogen and oxygen atoms in total. The molecule has 0 aromatic heterocycles. The van der Waals surface area contributed by atoms with Crippen LogP contribution in [0.2, 0.25) is 0 Å². The molecule has 2 atom stereocenters. The van der Waals surface area contributed by atoms with Gasteiger partial charge in [-0.05, 0) is 13.3 Å². The third-order valence-electron chi connectivity index (χ3n) is 3.02. The molecule has 1 N–H and O–H groups in total. The average Bonchev–Trinajstić information content (AvgIpc) is 2.65. The Morgan fingerprint density at radius 1 is 1.56 bits per heavy atom. The quantitative estimate of drug-likeness (QED) is 0.544. The summed E-state index contributed by atoms with van der Waals surface area (Å²) in [4.78, 5) is 24.9. The summed E-state index contributed by atoms with van der Waals surface area (Å²) in [6.07, 6.45) is 2.65. The maximum atomic E-state index is 11.7. The van der Waals surface area contributed by atoms with Gasteiger partial charge in [0.25, 0.3) is 0 Å². The molecule has 1 aliphatic heterocycles. The van der Waals surface area contributed by atoms with Gasteiger partial charge < -0.3 is 14.7 Å². The third-order valence-corrected chi connectivity index (χ3v) is 3.02. The molecule has 0 aliphatic carbocycles. The molecule has 0 aromatic carbocycles. The lowest BCUT2D eigenvalue weighted by Gasteiger charge is -2.17. The second-order valence-electron chi connectivity index (χ2n) is 4.92. The van der Waals surface area contributed by atoms with Gasteiger partial charge in [-0.1, -0.05) is 19.8 Å². The lowest BCUT2D eigenvalue weighted by Crippen LogP contribution is -2.33. The number of β-amino-alcohol motifs (C(OH)–C–C–N with tert-alkyl or cyclic N) is 1. The number of likely N-dealkylation sites (tertiary alicyclic amines) is 1. The Balaban J connectivity index is 2.31. The SMILES string of the molecule is CCCCCOC(=O)C1CC(=O)N(CC(C)O)C1. The Morgan fingerprint density at radius 3 is 2.89 bits per heavy atom. The lowest BCUT2D eigenvalue weighted by molar-refractivity contribution is -0.148. The molecular formula is C13H23NO4. The Kier molecular flexibility index (Phi) is 6.12. The van der Waals surface area contributed by atoms with E-state index in [4.69, 9.17) is 4.74 Å². The standard InChI is InChI=1S/C13H23NO4/c1-3-4-5-6-18-13(17)11-7-12(16)14(9-11)8-10(2)15/h10-11,15H,3-9H2,1-2H3. The fourth-order valence-electron chi connectivity index (χ4n) is 2.07. The first kappa shape index (κ1) is 15.0. The van der Waals surface area contributed by atoms with Crippen LogP contribution in [0, 0.1) is 5.92 Å². The molecule has 104 valence electrons. The van der Waals surface area contributed by atoms with E-state index < -0.39 is 6.10 Å². The van der Waals surface area contributed by atoms with Crippen LogP contribution in [0.1, 0.15) is 39.5 Å². The van der Waals surface area contributed by atoms with Gasteiger partial charge in [-0.15, -0.1) is 0 Å².